The van der Waals surface area contributed by atoms with Crippen LogP contribution in [-0.2, 0) is 0 Å². The minimum Gasteiger partial charge on any atom is -0.480 e. The molecular formula is C10H11N3O2S. The summed E-state index contributed by atoms with van der Waals surface area (Å²) in [6.45, 7) is 1.91. The van der Waals surface area contributed by atoms with Crippen LogP contribution in [0.25, 0.3) is 11.3 Å². The molecule has 0 aromatic carbocycles. The first-order chi connectivity index (χ1) is 7.76. The van der Waals surface area contributed by atoms with E-state index in [-0.39, 0.29) is 0 Å². The van der Waals surface area contributed by atoms with Crippen LogP contribution >= 0.6 is 11.8 Å². The first-order valence-corrected chi connectivity index (χ1v) is 5.85. The van der Waals surface area contributed by atoms with E-state index in [9.17, 15) is 0 Å². The minimum atomic E-state index is 0.499. The van der Waals surface area contributed by atoms with E-state index in [1.807, 2.05) is 13.2 Å². The summed E-state index contributed by atoms with van der Waals surface area (Å²) in [5, 5.41) is 4.39. The second-order valence-corrected chi connectivity index (χ2v) is 3.89. The highest BCUT2D eigenvalue weighted by atomic mass is 32.2. The summed E-state index contributed by atoms with van der Waals surface area (Å²) >= 11 is 1.46. The first-order valence-electron chi connectivity index (χ1n) is 4.63. The van der Waals surface area contributed by atoms with Crippen molar-refractivity contribution in [3.05, 3.63) is 18.0 Å². The molecule has 0 aliphatic heterocycles. The van der Waals surface area contributed by atoms with Gasteiger partial charge in [-0.2, -0.15) is 4.98 Å². The number of methoxy groups -OCH3 is 1. The maximum absolute atomic E-state index is 5.21. The highest BCUT2D eigenvalue weighted by molar-refractivity contribution is 7.98. The molecule has 2 rings (SSSR count). The van der Waals surface area contributed by atoms with Crippen LogP contribution in [0.5, 0.6) is 5.88 Å². The number of hydrogen-bond acceptors (Lipinski definition) is 6. The molecule has 16 heavy (non-hydrogen) atoms. The predicted octanol–water partition coefficient (Wildman–Crippen LogP) is 2.17. The highest BCUT2D eigenvalue weighted by Crippen LogP contribution is 2.30. The fourth-order valence-electron chi connectivity index (χ4n) is 1.31. The van der Waals surface area contributed by atoms with Gasteiger partial charge in [-0.15, -0.1) is 0 Å². The number of aromatic nitrogens is 3. The normalized spacial score (nSPS) is 10.4. The van der Waals surface area contributed by atoms with Gasteiger partial charge in [0, 0.05) is 11.8 Å². The van der Waals surface area contributed by atoms with Crippen LogP contribution in [0, 0.1) is 6.92 Å². The van der Waals surface area contributed by atoms with E-state index < -0.39 is 0 Å². The van der Waals surface area contributed by atoms with Gasteiger partial charge in [0.1, 0.15) is 5.56 Å². The average molecular weight is 237 g/mol. The van der Waals surface area contributed by atoms with Crippen LogP contribution in [0.3, 0.4) is 0 Å². The molecule has 0 N–H and O–H groups in total. The average Bonchev–Trinajstić information content (AvgIpc) is 2.74. The summed E-state index contributed by atoms with van der Waals surface area (Å²) in [5.74, 6) is 1.14. The fourth-order valence-corrected chi connectivity index (χ4v) is 1.64. The van der Waals surface area contributed by atoms with Gasteiger partial charge in [0.05, 0.1) is 13.3 Å². The Morgan fingerprint density at radius 3 is 2.75 bits per heavy atom. The topological polar surface area (TPSA) is 61.0 Å². The molecule has 0 spiro atoms. The van der Waals surface area contributed by atoms with Crippen LogP contribution in [0.15, 0.2) is 22.1 Å². The monoisotopic (exact) mass is 237 g/mol. The zero-order chi connectivity index (χ0) is 11.5. The summed E-state index contributed by atoms with van der Waals surface area (Å²) in [6.07, 6.45) is 5.25. The van der Waals surface area contributed by atoms with Gasteiger partial charge in [-0.05, 0) is 13.2 Å². The zero-order valence-corrected chi connectivity index (χ0v) is 10.0. The smallest absolute Gasteiger partial charge is 0.228 e. The van der Waals surface area contributed by atoms with Crippen molar-refractivity contribution in [3.63, 3.8) is 0 Å². The van der Waals surface area contributed by atoms with Gasteiger partial charge in [0.15, 0.2) is 10.9 Å². The molecule has 5 nitrogen and oxygen atoms in total. The molecule has 0 atom stereocenters. The van der Waals surface area contributed by atoms with E-state index in [4.69, 9.17) is 9.26 Å². The summed E-state index contributed by atoms with van der Waals surface area (Å²) in [5.41, 5.74) is 1.65. The first kappa shape index (κ1) is 10.9. The quantitative estimate of drug-likeness (QED) is 0.602. The Morgan fingerprint density at radius 1 is 1.38 bits per heavy atom. The highest BCUT2D eigenvalue weighted by Gasteiger charge is 2.15. The van der Waals surface area contributed by atoms with E-state index in [2.05, 4.69) is 15.1 Å². The van der Waals surface area contributed by atoms with E-state index in [0.717, 1.165) is 11.1 Å². The van der Waals surface area contributed by atoms with Gasteiger partial charge in [-0.25, -0.2) is 4.98 Å². The molecular weight excluding hydrogens is 226 g/mol. The number of rotatable bonds is 3. The lowest BCUT2D eigenvalue weighted by Crippen LogP contribution is -1.95. The van der Waals surface area contributed by atoms with Crippen molar-refractivity contribution in [3.8, 4) is 17.2 Å². The van der Waals surface area contributed by atoms with Crippen molar-refractivity contribution in [2.45, 2.75) is 12.1 Å². The second-order valence-electron chi connectivity index (χ2n) is 3.12. The van der Waals surface area contributed by atoms with Crippen molar-refractivity contribution in [1.29, 1.82) is 0 Å². The molecule has 2 aromatic rings. The molecule has 0 saturated carbocycles. The lowest BCUT2D eigenvalue weighted by atomic mass is 10.2. The lowest BCUT2D eigenvalue weighted by Gasteiger charge is -2.05. The lowest BCUT2D eigenvalue weighted by molar-refractivity contribution is 0.387. The molecule has 84 valence electrons. The number of hydrogen-bond donors (Lipinski definition) is 0. The molecule has 0 saturated heterocycles. The minimum absolute atomic E-state index is 0.499. The van der Waals surface area contributed by atoms with Gasteiger partial charge in [0.2, 0.25) is 5.88 Å². The van der Waals surface area contributed by atoms with Crippen LogP contribution < -0.4 is 4.74 Å². The predicted molar refractivity (Wildman–Crippen MR) is 60.6 cm³/mol. The molecule has 0 unspecified atom stereocenters. The molecule has 0 fully saturated rings. The van der Waals surface area contributed by atoms with Crippen LogP contribution in [0.4, 0.5) is 0 Å². The molecule has 6 heteroatoms. The van der Waals surface area contributed by atoms with E-state index >= 15 is 0 Å². The fraction of sp³-hybridized carbons (Fsp3) is 0.300. The molecule has 0 aliphatic rings. The van der Waals surface area contributed by atoms with Crippen molar-refractivity contribution in [1.82, 2.24) is 15.1 Å². The third kappa shape index (κ3) is 1.88. The summed E-state index contributed by atoms with van der Waals surface area (Å²) in [7, 11) is 1.57. The van der Waals surface area contributed by atoms with Crippen molar-refractivity contribution < 1.29 is 9.26 Å². The van der Waals surface area contributed by atoms with Gasteiger partial charge in [-0.1, -0.05) is 16.9 Å². The largest absolute Gasteiger partial charge is 0.480 e. The van der Waals surface area contributed by atoms with E-state index in [0.29, 0.717) is 16.8 Å². The molecule has 0 amide bonds. The molecule has 0 radical (unpaired) electrons. The van der Waals surface area contributed by atoms with Gasteiger partial charge < -0.3 is 9.26 Å². The Morgan fingerprint density at radius 2 is 2.19 bits per heavy atom. The van der Waals surface area contributed by atoms with Crippen LogP contribution in [0.2, 0.25) is 0 Å². The van der Waals surface area contributed by atoms with Crippen molar-refractivity contribution in [2.75, 3.05) is 13.4 Å². The SMILES string of the molecule is COc1nc(SC)ncc1-c1oncc1C. The van der Waals surface area contributed by atoms with Gasteiger partial charge >= 0.3 is 0 Å². The van der Waals surface area contributed by atoms with Crippen LogP contribution in [0.1, 0.15) is 5.56 Å². The van der Waals surface area contributed by atoms with Crippen molar-refractivity contribution >= 4 is 11.8 Å². The number of ether oxygens (including phenoxy) is 1. The summed E-state index contributed by atoms with van der Waals surface area (Å²) in [4.78, 5) is 8.44. The Hall–Kier alpha value is -1.56. The van der Waals surface area contributed by atoms with E-state index in [1.165, 1.54) is 11.8 Å². The zero-order valence-electron chi connectivity index (χ0n) is 9.22. The Kier molecular flexibility index (Phi) is 3.09. The van der Waals surface area contributed by atoms with Crippen molar-refractivity contribution in [2.24, 2.45) is 0 Å². The number of aryl methyl sites for hydroxylation is 1. The Labute approximate surface area is 97.2 Å². The maximum Gasteiger partial charge on any atom is 0.228 e. The third-order valence-corrected chi connectivity index (χ3v) is 2.66. The second kappa shape index (κ2) is 4.52. The standard InChI is InChI=1S/C10H11N3O2S/c1-6-4-12-15-8(6)7-5-11-10(16-3)13-9(7)14-2/h4-5H,1-3H3. The third-order valence-electron chi connectivity index (χ3n) is 2.10. The number of thioether (sulfide) groups is 1. The molecule has 0 aliphatic carbocycles. The summed E-state index contributed by atoms with van der Waals surface area (Å²) < 4.78 is 10.4. The Balaban J connectivity index is 2.53. The summed E-state index contributed by atoms with van der Waals surface area (Å²) in [6, 6.07) is 0. The molecule has 2 aromatic heterocycles. The number of nitrogens with zero attached hydrogens (tertiary/aromatic N) is 3. The van der Waals surface area contributed by atoms with Gasteiger partial charge in [-0.3, -0.25) is 0 Å². The molecule has 0 bridgehead atoms. The van der Waals surface area contributed by atoms with E-state index in [1.54, 1.807) is 19.5 Å². The Bertz CT molecular complexity index is 499. The maximum atomic E-state index is 5.21. The molecule has 2 heterocycles. The van der Waals surface area contributed by atoms with Crippen LogP contribution in [-0.4, -0.2) is 28.5 Å². The van der Waals surface area contributed by atoms with Gasteiger partial charge in [0.25, 0.3) is 0 Å².